The maximum atomic E-state index is 12.1. The first-order valence-electron chi connectivity index (χ1n) is 7.66. The predicted octanol–water partition coefficient (Wildman–Crippen LogP) is 0.862. The van der Waals surface area contributed by atoms with Gasteiger partial charge in [0.25, 0.3) is 5.91 Å². The number of amides is 1. The fourth-order valence-corrected chi connectivity index (χ4v) is 2.93. The van der Waals surface area contributed by atoms with Crippen LogP contribution >= 0.6 is 0 Å². The number of benzene rings is 1. The molecule has 0 radical (unpaired) electrons. The van der Waals surface area contributed by atoms with Crippen LogP contribution in [0.15, 0.2) is 24.3 Å². The smallest absolute Gasteiger partial charge is 0.286 e. The van der Waals surface area contributed by atoms with Gasteiger partial charge in [0.2, 0.25) is 0 Å². The third kappa shape index (κ3) is 2.80. The van der Waals surface area contributed by atoms with E-state index < -0.39 is 0 Å². The largest absolute Gasteiger partial charge is 0.497 e. The monoisotopic (exact) mass is 315 g/mol. The van der Waals surface area contributed by atoms with Crippen LogP contribution in [0, 0.1) is 0 Å². The highest BCUT2D eigenvalue weighted by Gasteiger charge is 2.27. The van der Waals surface area contributed by atoms with Crippen molar-refractivity contribution in [2.45, 2.75) is 19.9 Å². The Labute approximate surface area is 135 Å². The van der Waals surface area contributed by atoms with Crippen molar-refractivity contribution < 1.29 is 9.53 Å². The van der Waals surface area contributed by atoms with Gasteiger partial charge in [-0.15, -0.1) is 0 Å². The van der Waals surface area contributed by atoms with E-state index >= 15 is 0 Å². The maximum Gasteiger partial charge on any atom is 0.286 e. The topological polar surface area (TPSA) is 85.4 Å². The van der Waals surface area contributed by atoms with Crippen molar-refractivity contribution in [2.24, 2.45) is 5.84 Å². The molecule has 0 saturated carbocycles. The highest BCUT2D eigenvalue weighted by atomic mass is 16.5. The number of ether oxygens (including phenoxy) is 1. The molecule has 3 N–H and O–H groups in total. The summed E-state index contributed by atoms with van der Waals surface area (Å²) in [5.41, 5.74) is 5.52. The van der Waals surface area contributed by atoms with Crippen LogP contribution in [-0.2, 0) is 13.0 Å². The Morgan fingerprint density at radius 3 is 2.74 bits per heavy atom. The van der Waals surface area contributed by atoms with Crippen molar-refractivity contribution in [1.82, 2.24) is 20.1 Å². The summed E-state index contributed by atoms with van der Waals surface area (Å²) in [4.78, 5) is 14.4. The molecule has 0 saturated heterocycles. The second kappa shape index (κ2) is 6.39. The lowest BCUT2D eigenvalue weighted by Gasteiger charge is -2.26. The molecule has 3 rings (SSSR count). The average molecular weight is 315 g/mol. The van der Waals surface area contributed by atoms with Gasteiger partial charge in [-0.1, -0.05) is 6.92 Å². The van der Waals surface area contributed by atoms with E-state index in [2.05, 4.69) is 22.3 Å². The van der Waals surface area contributed by atoms with E-state index in [1.54, 1.807) is 7.11 Å². The van der Waals surface area contributed by atoms with Crippen molar-refractivity contribution in [2.75, 3.05) is 20.2 Å². The van der Waals surface area contributed by atoms with Crippen molar-refractivity contribution in [3.8, 4) is 11.4 Å². The number of nitrogens with one attached hydrogen (secondary N) is 1. The van der Waals surface area contributed by atoms with E-state index in [1.807, 2.05) is 28.9 Å². The van der Waals surface area contributed by atoms with Gasteiger partial charge >= 0.3 is 0 Å². The number of carbonyl (C=O) groups is 1. The molecule has 0 bridgehead atoms. The van der Waals surface area contributed by atoms with Gasteiger partial charge in [0.05, 0.1) is 18.5 Å². The molecular formula is C16H21N5O2. The van der Waals surface area contributed by atoms with Gasteiger partial charge in [-0.2, -0.15) is 5.10 Å². The highest BCUT2D eigenvalue weighted by molar-refractivity contribution is 5.93. The number of carbonyl (C=O) groups excluding carboxylic acids is 1. The molecule has 1 aliphatic heterocycles. The summed E-state index contributed by atoms with van der Waals surface area (Å²) in [6, 6.07) is 7.63. The van der Waals surface area contributed by atoms with Crippen LogP contribution in [0.25, 0.3) is 5.69 Å². The molecule has 7 heteroatoms. The van der Waals surface area contributed by atoms with Gasteiger partial charge in [0, 0.05) is 25.1 Å². The van der Waals surface area contributed by atoms with Crippen LogP contribution < -0.4 is 16.0 Å². The minimum absolute atomic E-state index is 0.355. The molecule has 2 aromatic rings. The lowest BCUT2D eigenvalue weighted by molar-refractivity contribution is 0.0946. The highest BCUT2D eigenvalue weighted by Crippen LogP contribution is 2.26. The van der Waals surface area contributed by atoms with E-state index in [0.29, 0.717) is 12.2 Å². The summed E-state index contributed by atoms with van der Waals surface area (Å²) in [5.74, 6) is 5.74. The summed E-state index contributed by atoms with van der Waals surface area (Å²) in [6.07, 6.45) is 0.847. The quantitative estimate of drug-likeness (QED) is 0.497. The number of fused-ring (bicyclic) bond motifs is 1. The number of nitrogens with zero attached hydrogens (tertiary/aromatic N) is 3. The number of rotatable bonds is 4. The van der Waals surface area contributed by atoms with E-state index in [1.165, 1.54) is 0 Å². The Bertz CT molecular complexity index is 708. The summed E-state index contributed by atoms with van der Waals surface area (Å²) >= 11 is 0. The first kappa shape index (κ1) is 15.5. The molecule has 1 aromatic carbocycles. The van der Waals surface area contributed by atoms with Gasteiger partial charge in [-0.3, -0.25) is 15.1 Å². The van der Waals surface area contributed by atoms with Crippen molar-refractivity contribution in [3.05, 3.63) is 41.2 Å². The number of nitrogens with two attached hydrogens (primary N) is 1. The van der Waals surface area contributed by atoms with Crippen LogP contribution in [0.4, 0.5) is 0 Å². The minimum Gasteiger partial charge on any atom is -0.497 e. The summed E-state index contributed by atoms with van der Waals surface area (Å²) in [5, 5.41) is 4.51. The third-order valence-corrected chi connectivity index (χ3v) is 4.25. The first-order valence-corrected chi connectivity index (χ1v) is 7.66. The molecule has 2 heterocycles. The number of hydrogen-bond donors (Lipinski definition) is 2. The van der Waals surface area contributed by atoms with Crippen molar-refractivity contribution in [1.29, 1.82) is 0 Å². The molecule has 7 nitrogen and oxygen atoms in total. The van der Waals surface area contributed by atoms with Crippen LogP contribution in [0.3, 0.4) is 0 Å². The van der Waals surface area contributed by atoms with Gasteiger partial charge < -0.3 is 4.74 Å². The average Bonchev–Trinajstić information content (AvgIpc) is 2.99. The molecule has 0 unspecified atom stereocenters. The first-order chi connectivity index (χ1) is 11.2. The zero-order chi connectivity index (χ0) is 16.4. The standard InChI is InChI=1S/C16H21N5O2/c1-3-20-9-8-14-13(10-20)15(16(22)18-17)19-21(14)11-4-6-12(23-2)7-5-11/h4-7H,3,8-10,17H2,1-2H3,(H,18,22). The number of hydrogen-bond acceptors (Lipinski definition) is 5. The van der Waals surface area contributed by atoms with Gasteiger partial charge in [0.1, 0.15) is 5.75 Å². The van der Waals surface area contributed by atoms with E-state index in [0.717, 1.165) is 42.2 Å². The third-order valence-electron chi connectivity index (χ3n) is 4.25. The zero-order valence-corrected chi connectivity index (χ0v) is 13.4. The van der Waals surface area contributed by atoms with Gasteiger partial charge in [-0.25, -0.2) is 10.5 Å². The fourth-order valence-electron chi connectivity index (χ4n) is 2.93. The van der Waals surface area contributed by atoms with E-state index in [4.69, 9.17) is 10.6 Å². The number of hydrazine groups is 1. The van der Waals surface area contributed by atoms with Crippen LogP contribution in [0.1, 0.15) is 28.7 Å². The van der Waals surface area contributed by atoms with E-state index in [9.17, 15) is 4.79 Å². The SMILES string of the molecule is CCN1CCc2c(c(C(=O)NN)nn2-c2ccc(OC)cc2)C1. The lowest BCUT2D eigenvalue weighted by Crippen LogP contribution is -2.34. The number of methoxy groups -OCH3 is 1. The molecule has 0 atom stereocenters. The normalized spacial score (nSPS) is 14.4. The Balaban J connectivity index is 2.07. The molecule has 1 amide bonds. The Morgan fingerprint density at radius 2 is 2.13 bits per heavy atom. The van der Waals surface area contributed by atoms with E-state index in [-0.39, 0.29) is 5.91 Å². The summed E-state index contributed by atoms with van der Waals surface area (Å²) < 4.78 is 7.03. The molecule has 122 valence electrons. The molecule has 23 heavy (non-hydrogen) atoms. The molecular weight excluding hydrogens is 294 g/mol. The predicted molar refractivity (Wildman–Crippen MR) is 86.4 cm³/mol. The number of aromatic nitrogens is 2. The van der Waals surface area contributed by atoms with Crippen LogP contribution in [0.5, 0.6) is 5.75 Å². The summed E-state index contributed by atoms with van der Waals surface area (Å²) in [6.45, 7) is 4.72. The zero-order valence-electron chi connectivity index (χ0n) is 13.4. The maximum absolute atomic E-state index is 12.1. The molecule has 0 aliphatic carbocycles. The van der Waals surface area contributed by atoms with Gasteiger partial charge in [-0.05, 0) is 30.8 Å². The molecule has 1 aromatic heterocycles. The molecule has 0 spiro atoms. The second-order valence-corrected chi connectivity index (χ2v) is 5.48. The Morgan fingerprint density at radius 1 is 1.39 bits per heavy atom. The Kier molecular flexibility index (Phi) is 4.31. The number of likely N-dealkylation sites (N-methyl/N-ethyl adjacent to an activating group) is 1. The lowest BCUT2D eigenvalue weighted by atomic mass is 10.0. The van der Waals surface area contributed by atoms with Crippen molar-refractivity contribution >= 4 is 5.91 Å². The van der Waals surface area contributed by atoms with Gasteiger partial charge in [0.15, 0.2) is 5.69 Å². The Hall–Kier alpha value is -2.38. The van der Waals surface area contributed by atoms with Crippen LogP contribution in [0.2, 0.25) is 0 Å². The molecule has 1 aliphatic rings. The fraction of sp³-hybridized carbons (Fsp3) is 0.375. The second-order valence-electron chi connectivity index (χ2n) is 5.48. The number of nitrogen functional groups attached to an aromatic ring is 1. The van der Waals surface area contributed by atoms with Crippen LogP contribution in [-0.4, -0.2) is 40.8 Å². The minimum atomic E-state index is -0.355. The van der Waals surface area contributed by atoms with Crippen molar-refractivity contribution in [3.63, 3.8) is 0 Å². The summed E-state index contributed by atoms with van der Waals surface area (Å²) in [7, 11) is 1.63. The molecule has 0 fully saturated rings.